The maximum Gasteiger partial charge on any atom is 0.247 e. The number of rotatable bonds is 4. The highest BCUT2D eigenvalue weighted by Gasteiger charge is 2.42. The number of anilines is 2. The lowest BCUT2D eigenvalue weighted by Gasteiger charge is -2.32. The summed E-state index contributed by atoms with van der Waals surface area (Å²) in [6, 6.07) is 18.6. The molecule has 32 heavy (non-hydrogen) atoms. The van der Waals surface area contributed by atoms with E-state index in [-0.39, 0.29) is 16.8 Å². The number of nitrogens with zero attached hydrogens (tertiary/aromatic N) is 1. The molecule has 2 unspecified atom stereocenters. The first-order chi connectivity index (χ1) is 15.3. The third kappa shape index (κ3) is 3.86. The summed E-state index contributed by atoms with van der Waals surface area (Å²) in [4.78, 5) is 14.6. The molecule has 2 N–H and O–H groups in total. The van der Waals surface area contributed by atoms with Gasteiger partial charge >= 0.3 is 0 Å². The molecule has 0 saturated carbocycles. The number of sulfonamides is 1. The second kappa shape index (κ2) is 8.08. The van der Waals surface area contributed by atoms with E-state index < -0.39 is 16.1 Å². The fourth-order valence-corrected chi connectivity index (χ4v) is 5.81. The Morgan fingerprint density at radius 1 is 0.938 bits per heavy atom. The second-order valence-corrected chi connectivity index (χ2v) is 10.4. The van der Waals surface area contributed by atoms with Gasteiger partial charge in [0.05, 0.1) is 26.3 Å². The average molecular weight is 488 g/mol. The van der Waals surface area contributed by atoms with Crippen LogP contribution in [0, 0.1) is 0 Å². The Labute approximate surface area is 196 Å². The Morgan fingerprint density at radius 2 is 1.66 bits per heavy atom. The van der Waals surface area contributed by atoms with E-state index in [0.717, 1.165) is 22.5 Å². The van der Waals surface area contributed by atoms with Crippen molar-refractivity contribution in [2.45, 2.75) is 23.4 Å². The summed E-state index contributed by atoms with van der Waals surface area (Å²) in [7, 11) is -3.75. The van der Waals surface area contributed by atoms with E-state index in [1.807, 2.05) is 35.2 Å². The molecule has 0 aliphatic carbocycles. The van der Waals surface area contributed by atoms with Crippen molar-refractivity contribution in [1.29, 1.82) is 0 Å². The van der Waals surface area contributed by atoms with Crippen molar-refractivity contribution >= 4 is 50.5 Å². The standard InChI is InChI=1S/C23H19Cl2N3O3S/c24-18-10-7-15(11-19(18)25)14-5-8-17(9-6-14)32(30,31)27-16-12-22-23(29)26-20-3-1-2-4-21(20)28(22)13-16/h1-11,16,22,27H,12-13H2,(H,26,29). The van der Waals surface area contributed by atoms with Gasteiger partial charge in [0, 0.05) is 12.6 Å². The molecule has 1 saturated heterocycles. The molecule has 3 aromatic carbocycles. The summed E-state index contributed by atoms with van der Waals surface area (Å²) < 4.78 is 28.8. The third-order valence-electron chi connectivity index (χ3n) is 5.81. The Kier molecular flexibility index (Phi) is 5.37. The van der Waals surface area contributed by atoms with Crippen molar-refractivity contribution in [3.05, 3.63) is 76.8 Å². The van der Waals surface area contributed by atoms with E-state index >= 15 is 0 Å². The zero-order valence-electron chi connectivity index (χ0n) is 16.8. The predicted octanol–water partition coefficient (Wildman–Crippen LogP) is 4.54. The molecule has 2 atom stereocenters. The zero-order chi connectivity index (χ0) is 22.5. The molecule has 0 aromatic heterocycles. The predicted molar refractivity (Wildman–Crippen MR) is 127 cm³/mol. The van der Waals surface area contributed by atoms with Crippen molar-refractivity contribution in [2.75, 3.05) is 16.8 Å². The van der Waals surface area contributed by atoms with Crippen LogP contribution in [-0.4, -0.2) is 33.0 Å². The number of hydrogen-bond donors (Lipinski definition) is 2. The van der Waals surface area contributed by atoms with E-state index in [4.69, 9.17) is 23.2 Å². The lowest BCUT2D eigenvalue weighted by Crippen LogP contribution is -2.44. The lowest BCUT2D eigenvalue weighted by molar-refractivity contribution is -0.117. The van der Waals surface area contributed by atoms with Crippen LogP contribution in [-0.2, 0) is 14.8 Å². The lowest BCUT2D eigenvalue weighted by atomic mass is 10.1. The zero-order valence-corrected chi connectivity index (χ0v) is 19.1. The molecule has 9 heteroatoms. The Morgan fingerprint density at radius 3 is 2.41 bits per heavy atom. The summed E-state index contributed by atoms with van der Waals surface area (Å²) >= 11 is 12.1. The van der Waals surface area contributed by atoms with Crippen LogP contribution in [0.5, 0.6) is 0 Å². The topological polar surface area (TPSA) is 78.5 Å². The maximum absolute atomic E-state index is 13.0. The summed E-state index contributed by atoms with van der Waals surface area (Å²) in [5.41, 5.74) is 3.32. The van der Waals surface area contributed by atoms with Gasteiger partial charge in [-0.3, -0.25) is 4.79 Å². The van der Waals surface area contributed by atoms with Crippen molar-refractivity contribution < 1.29 is 13.2 Å². The van der Waals surface area contributed by atoms with Crippen molar-refractivity contribution in [3.8, 4) is 11.1 Å². The SMILES string of the molecule is O=C1Nc2ccccc2N2CC(NS(=O)(=O)c3ccc(-c4ccc(Cl)c(Cl)c4)cc3)CC12. The van der Waals surface area contributed by atoms with Crippen molar-refractivity contribution in [2.24, 2.45) is 0 Å². The number of hydrogen-bond acceptors (Lipinski definition) is 4. The van der Waals surface area contributed by atoms with Gasteiger partial charge in [-0.05, 0) is 53.9 Å². The Balaban J connectivity index is 1.34. The first-order valence-electron chi connectivity index (χ1n) is 10.1. The van der Waals surface area contributed by atoms with E-state index in [1.165, 1.54) is 0 Å². The molecule has 0 spiro atoms. The number of nitrogens with one attached hydrogen (secondary N) is 2. The molecule has 1 fully saturated rings. The van der Waals surface area contributed by atoms with Crippen LogP contribution in [0.15, 0.2) is 71.6 Å². The molecule has 2 aliphatic rings. The van der Waals surface area contributed by atoms with Crippen LogP contribution in [0.3, 0.4) is 0 Å². The van der Waals surface area contributed by atoms with Crippen LogP contribution < -0.4 is 14.9 Å². The van der Waals surface area contributed by atoms with E-state index in [2.05, 4.69) is 10.0 Å². The van der Waals surface area contributed by atoms with Gasteiger partial charge in [0.15, 0.2) is 0 Å². The minimum atomic E-state index is -3.75. The molecule has 0 radical (unpaired) electrons. The van der Waals surface area contributed by atoms with Gasteiger partial charge in [0.2, 0.25) is 15.9 Å². The van der Waals surface area contributed by atoms with Crippen LogP contribution >= 0.6 is 23.2 Å². The van der Waals surface area contributed by atoms with Gasteiger partial charge < -0.3 is 10.2 Å². The van der Waals surface area contributed by atoms with E-state index in [9.17, 15) is 13.2 Å². The number of halogens is 2. The highest BCUT2D eigenvalue weighted by Crippen LogP contribution is 2.37. The maximum atomic E-state index is 13.0. The van der Waals surface area contributed by atoms with Gasteiger partial charge in [0.1, 0.15) is 6.04 Å². The van der Waals surface area contributed by atoms with E-state index in [1.54, 1.807) is 36.4 Å². The fraction of sp³-hybridized carbons (Fsp3) is 0.174. The average Bonchev–Trinajstić information content (AvgIpc) is 3.20. The second-order valence-electron chi connectivity index (χ2n) is 7.88. The molecule has 0 bridgehead atoms. The molecule has 2 aliphatic heterocycles. The molecular formula is C23H19Cl2N3O3S. The molecule has 3 aromatic rings. The molecule has 2 heterocycles. The minimum absolute atomic E-state index is 0.114. The smallest absolute Gasteiger partial charge is 0.247 e. The van der Waals surface area contributed by atoms with Gasteiger partial charge in [0.25, 0.3) is 0 Å². The minimum Gasteiger partial charge on any atom is -0.356 e. The van der Waals surface area contributed by atoms with Gasteiger partial charge in [-0.1, -0.05) is 53.5 Å². The molecule has 1 amide bonds. The van der Waals surface area contributed by atoms with Crippen LogP contribution in [0.25, 0.3) is 11.1 Å². The first-order valence-corrected chi connectivity index (χ1v) is 12.3. The van der Waals surface area contributed by atoms with Crippen LogP contribution in [0.4, 0.5) is 11.4 Å². The number of benzene rings is 3. The summed E-state index contributed by atoms with van der Waals surface area (Å²) in [5, 5.41) is 3.80. The third-order valence-corrected chi connectivity index (χ3v) is 8.09. The monoisotopic (exact) mass is 487 g/mol. The number of para-hydroxylation sites is 2. The highest BCUT2D eigenvalue weighted by atomic mass is 35.5. The summed E-state index contributed by atoms with van der Waals surface area (Å²) in [6.45, 7) is 0.426. The fourth-order valence-electron chi connectivity index (χ4n) is 4.27. The largest absolute Gasteiger partial charge is 0.356 e. The quantitative estimate of drug-likeness (QED) is 0.566. The van der Waals surface area contributed by atoms with Gasteiger partial charge in [-0.25, -0.2) is 13.1 Å². The van der Waals surface area contributed by atoms with Crippen molar-refractivity contribution in [3.63, 3.8) is 0 Å². The van der Waals surface area contributed by atoms with Crippen molar-refractivity contribution in [1.82, 2.24) is 4.72 Å². The van der Waals surface area contributed by atoms with E-state index in [0.29, 0.717) is 23.0 Å². The molecular weight excluding hydrogens is 469 g/mol. The molecule has 5 rings (SSSR count). The normalized spacial score (nSPS) is 19.9. The van der Waals surface area contributed by atoms with Crippen LogP contribution in [0.1, 0.15) is 6.42 Å². The first kappa shape index (κ1) is 21.3. The number of amides is 1. The van der Waals surface area contributed by atoms with Gasteiger partial charge in [-0.15, -0.1) is 0 Å². The van der Waals surface area contributed by atoms with Gasteiger partial charge in [-0.2, -0.15) is 0 Å². The number of carbonyl (C=O) groups excluding carboxylic acids is 1. The summed E-state index contributed by atoms with van der Waals surface area (Å²) in [6.07, 6.45) is 0.404. The Hall–Kier alpha value is -2.58. The van der Waals surface area contributed by atoms with Crippen LogP contribution in [0.2, 0.25) is 10.0 Å². The molecule has 6 nitrogen and oxygen atoms in total. The highest BCUT2D eigenvalue weighted by molar-refractivity contribution is 7.89. The number of fused-ring (bicyclic) bond motifs is 3. The number of carbonyl (C=O) groups is 1. The summed E-state index contributed by atoms with van der Waals surface area (Å²) in [5.74, 6) is -0.114. The Bertz CT molecular complexity index is 1310. The molecule has 164 valence electrons.